The lowest BCUT2D eigenvalue weighted by molar-refractivity contribution is -0.137. The van der Waals surface area contributed by atoms with Gasteiger partial charge >= 0.3 is 0 Å². The first kappa shape index (κ1) is 15.2. The van der Waals surface area contributed by atoms with Gasteiger partial charge in [-0.2, -0.15) is 4.98 Å². The second-order valence-electron chi connectivity index (χ2n) is 6.75. The van der Waals surface area contributed by atoms with Crippen LogP contribution in [0.3, 0.4) is 0 Å². The lowest BCUT2D eigenvalue weighted by atomic mass is 9.86. The van der Waals surface area contributed by atoms with Crippen LogP contribution in [0.25, 0.3) is 11.5 Å². The summed E-state index contributed by atoms with van der Waals surface area (Å²) in [6, 6.07) is 0. The summed E-state index contributed by atoms with van der Waals surface area (Å²) in [5, 5.41) is 3.96. The summed E-state index contributed by atoms with van der Waals surface area (Å²) in [6.45, 7) is 1.35. The van der Waals surface area contributed by atoms with E-state index in [9.17, 15) is 4.79 Å². The van der Waals surface area contributed by atoms with Crippen LogP contribution in [0.1, 0.15) is 50.3 Å². The molecule has 0 unspecified atom stereocenters. The molecule has 1 aliphatic carbocycles. The van der Waals surface area contributed by atoms with E-state index in [4.69, 9.17) is 4.52 Å². The number of carbonyl (C=O) groups excluding carboxylic acids is 1. The molecule has 2 fully saturated rings. The molecule has 126 valence electrons. The molecule has 2 aromatic heterocycles. The molecule has 1 saturated carbocycles. The topological polar surface area (TPSA) is 85.0 Å². The predicted molar refractivity (Wildman–Crippen MR) is 85.8 cm³/mol. The second-order valence-corrected chi connectivity index (χ2v) is 6.75. The molecule has 0 bridgehead atoms. The van der Waals surface area contributed by atoms with Crippen LogP contribution in [0, 0.1) is 5.92 Å². The van der Waals surface area contributed by atoms with Gasteiger partial charge in [-0.1, -0.05) is 24.4 Å². The highest BCUT2D eigenvalue weighted by Crippen LogP contribution is 2.31. The van der Waals surface area contributed by atoms with Gasteiger partial charge in [-0.05, 0) is 18.8 Å². The third kappa shape index (κ3) is 3.16. The number of aromatic nitrogens is 4. The lowest BCUT2D eigenvalue weighted by Crippen LogP contribution is -2.49. The fraction of sp³-hybridized carbons (Fsp3) is 0.588. The Bertz CT molecular complexity index is 690. The number of rotatable bonds is 4. The highest BCUT2D eigenvalue weighted by atomic mass is 16.5. The molecule has 2 aliphatic rings. The maximum atomic E-state index is 12.3. The van der Waals surface area contributed by atoms with Crippen LogP contribution >= 0.6 is 0 Å². The monoisotopic (exact) mass is 327 g/mol. The Morgan fingerprint density at radius 2 is 2.04 bits per heavy atom. The molecule has 0 spiro atoms. The molecule has 2 aromatic rings. The summed E-state index contributed by atoms with van der Waals surface area (Å²) < 4.78 is 5.33. The molecule has 0 radical (unpaired) electrons. The van der Waals surface area contributed by atoms with Gasteiger partial charge in [0.15, 0.2) is 0 Å². The normalized spacial score (nSPS) is 19.2. The van der Waals surface area contributed by atoms with E-state index < -0.39 is 0 Å². The molecule has 3 heterocycles. The van der Waals surface area contributed by atoms with Crippen molar-refractivity contribution in [3.05, 3.63) is 24.5 Å². The zero-order valence-electron chi connectivity index (χ0n) is 13.6. The average molecular weight is 327 g/mol. The van der Waals surface area contributed by atoms with Gasteiger partial charge in [0.1, 0.15) is 5.69 Å². The van der Waals surface area contributed by atoms with Crippen LogP contribution in [0.4, 0.5) is 0 Å². The van der Waals surface area contributed by atoms with Crippen LogP contribution in [-0.2, 0) is 4.79 Å². The summed E-state index contributed by atoms with van der Waals surface area (Å²) in [5.74, 6) is 2.02. The standard InChI is InChI=1S/C17H21N5O2/c23-15(8-12-4-2-1-3-5-12)22-10-13(11-22)17-20-16(21-24-17)14-9-18-6-7-19-14/h6-7,9,12-13H,1-5,8,10-11H2. The van der Waals surface area contributed by atoms with Crippen molar-refractivity contribution in [3.63, 3.8) is 0 Å². The van der Waals surface area contributed by atoms with Crippen molar-refractivity contribution in [1.82, 2.24) is 25.0 Å². The first-order valence-corrected chi connectivity index (χ1v) is 8.67. The molecule has 1 amide bonds. The third-order valence-electron chi connectivity index (χ3n) is 5.01. The van der Waals surface area contributed by atoms with Crippen molar-refractivity contribution < 1.29 is 9.32 Å². The molecular formula is C17H21N5O2. The van der Waals surface area contributed by atoms with Crippen LogP contribution in [-0.4, -0.2) is 44.0 Å². The molecule has 1 saturated heterocycles. The lowest BCUT2D eigenvalue weighted by Gasteiger charge is -2.38. The number of carbonyl (C=O) groups is 1. The summed E-state index contributed by atoms with van der Waals surface area (Å²) in [4.78, 5) is 26.8. The van der Waals surface area contributed by atoms with Gasteiger partial charge in [-0.3, -0.25) is 9.78 Å². The minimum atomic E-state index is 0.137. The highest BCUT2D eigenvalue weighted by molar-refractivity contribution is 5.77. The van der Waals surface area contributed by atoms with E-state index in [1.807, 2.05) is 4.90 Å². The molecule has 1 aliphatic heterocycles. The van der Waals surface area contributed by atoms with E-state index in [0.717, 1.165) is 0 Å². The second kappa shape index (κ2) is 6.67. The predicted octanol–water partition coefficient (Wildman–Crippen LogP) is 2.42. The van der Waals surface area contributed by atoms with Crippen molar-refractivity contribution in [1.29, 1.82) is 0 Å². The van der Waals surface area contributed by atoms with Gasteiger partial charge in [0, 0.05) is 31.9 Å². The zero-order chi connectivity index (χ0) is 16.4. The molecule has 7 heteroatoms. The van der Waals surface area contributed by atoms with Crippen LogP contribution in [0.2, 0.25) is 0 Å². The van der Waals surface area contributed by atoms with E-state index in [-0.39, 0.29) is 11.8 Å². The van der Waals surface area contributed by atoms with Gasteiger partial charge in [-0.25, -0.2) is 4.98 Å². The highest BCUT2D eigenvalue weighted by Gasteiger charge is 2.36. The Morgan fingerprint density at radius 3 is 2.79 bits per heavy atom. The van der Waals surface area contributed by atoms with Gasteiger partial charge in [-0.15, -0.1) is 0 Å². The number of hydrogen-bond acceptors (Lipinski definition) is 6. The molecule has 7 nitrogen and oxygen atoms in total. The van der Waals surface area contributed by atoms with E-state index in [2.05, 4.69) is 20.1 Å². The maximum Gasteiger partial charge on any atom is 0.233 e. The van der Waals surface area contributed by atoms with Crippen LogP contribution < -0.4 is 0 Å². The average Bonchev–Trinajstić information content (AvgIpc) is 3.05. The Hall–Kier alpha value is -2.31. The first-order chi connectivity index (χ1) is 11.8. The first-order valence-electron chi connectivity index (χ1n) is 8.67. The third-order valence-corrected chi connectivity index (χ3v) is 5.01. The minimum Gasteiger partial charge on any atom is -0.341 e. The number of likely N-dealkylation sites (tertiary alicyclic amines) is 1. The number of nitrogens with zero attached hydrogens (tertiary/aromatic N) is 5. The van der Waals surface area contributed by atoms with E-state index in [1.165, 1.54) is 32.1 Å². The smallest absolute Gasteiger partial charge is 0.233 e. The van der Waals surface area contributed by atoms with E-state index in [0.29, 0.717) is 42.8 Å². The van der Waals surface area contributed by atoms with Crippen molar-refractivity contribution >= 4 is 5.91 Å². The molecule has 0 atom stereocenters. The van der Waals surface area contributed by atoms with Crippen molar-refractivity contribution in [2.24, 2.45) is 5.92 Å². The SMILES string of the molecule is O=C(CC1CCCCC1)N1CC(c2nc(-c3cnccn3)no2)C1. The summed E-state index contributed by atoms with van der Waals surface area (Å²) in [5.41, 5.74) is 0.594. The van der Waals surface area contributed by atoms with Crippen molar-refractivity contribution in [3.8, 4) is 11.5 Å². The van der Waals surface area contributed by atoms with E-state index in [1.54, 1.807) is 18.6 Å². The van der Waals surface area contributed by atoms with Gasteiger partial charge in [0.25, 0.3) is 0 Å². The van der Waals surface area contributed by atoms with Gasteiger partial charge in [0.2, 0.25) is 17.6 Å². The van der Waals surface area contributed by atoms with Gasteiger partial charge in [0.05, 0.1) is 12.1 Å². The zero-order valence-corrected chi connectivity index (χ0v) is 13.6. The van der Waals surface area contributed by atoms with Crippen LogP contribution in [0.5, 0.6) is 0 Å². The van der Waals surface area contributed by atoms with E-state index >= 15 is 0 Å². The Balaban J connectivity index is 1.31. The fourth-order valence-corrected chi connectivity index (χ4v) is 3.53. The Labute approximate surface area is 140 Å². The minimum absolute atomic E-state index is 0.137. The maximum absolute atomic E-state index is 12.3. The van der Waals surface area contributed by atoms with Crippen molar-refractivity contribution in [2.45, 2.75) is 44.4 Å². The Morgan fingerprint density at radius 1 is 1.21 bits per heavy atom. The summed E-state index contributed by atoms with van der Waals surface area (Å²) in [7, 11) is 0. The number of hydrogen-bond donors (Lipinski definition) is 0. The Kier molecular flexibility index (Phi) is 4.23. The molecule has 0 N–H and O–H groups in total. The molecule has 24 heavy (non-hydrogen) atoms. The summed E-state index contributed by atoms with van der Waals surface area (Å²) in [6.07, 6.45) is 11.8. The fourth-order valence-electron chi connectivity index (χ4n) is 3.53. The van der Waals surface area contributed by atoms with Crippen LogP contribution in [0.15, 0.2) is 23.1 Å². The quantitative estimate of drug-likeness (QED) is 0.857. The largest absolute Gasteiger partial charge is 0.341 e. The molecule has 4 rings (SSSR count). The molecule has 0 aromatic carbocycles. The van der Waals surface area contributed by atoms with Crippen molar-refractivity contribution in [2.75, 3.05) is 13.1 Å². The van der Waals surface area contributed by atoms with Gasteiger partial charge < -0.3 is 9.42 Å². The number of amides is 1. The summed E-state index contributed by atoms with van der Waals surface area (Å²) >= 11 is 0. The molecular weight excluding hydrogens is 306 g/mol.